The van der Waals surface area contributed by atoms with Gasteiger partial charge in [-0.2, -0.15) is 0 Å². The smallest absolute Gasteiger partial charge is 0.271 e. The number of ketones is 1. The number of nitrogens with one attached hydrogen (secondary N) is 2. The van der Waals surface area contributed by atoms with Crippen LogP contribution in [-0.2, 0) is 10.0 Å². The Morgan fingerprint density at radius 1 is 1.19 bits per heavy atom. The summed E-state index contributed by atoms with van der Waals surface area (Å²) < 4.78 is 27.5. The average molecular weight is 379 g/mol. The number of sulfonamides is 1. The summed E-state index contributed by atoms with van der Waals surface area (Å²) in [5, 5.41) is 22.7. The Hall–Kier alpha value is -2.98. The SMILES string of the molecule is CC(=O)c1cccc(S(=O)(=O)Nc2cc([N+](=O)[O-])ccc2NCCO)c1. The molecule has 0 bridgehead atoms. The first-order chi connectivity index (χ1) is 12.2. The van der Waals surface area contributed by atoms with Crippen LogP contribution in [-0.4, -0.2) is 37.4 Å². The van der Waals surface area contributed by atoms with Gasteiger partial charge in [-0.15, -0.1) is 0 Å². The average Bonchev–Trinajstić information content (AvgIpc) is 2.60. The van der Waals surface area contributed by atoms with Crippen molar-refractivity contribution in [2.24, 2.45) is 0 Å². The molecule has 0 radical (unpaired) electrons. The van der Waals surface area contributed by atoms with Gasteiger partial charge in [0, 0.05) is 24.2 Å². The Labute approximate surface area is 149 Å². The number of nitrogens with zero attached hydrogens (tertiary/aromatic N) is 1. The van der Waals surface area contributed by atoms with E-state index in [0.29, 0.717) is 0 Å². The summed E-state index contributed by atoms with van der Waals surface area (Å²) in [6.07, 6.45) is 0. The van der Waals surface area contributed by atoms with Crippen LogP contribution in [0.5, 0.6) is 0 Å². The number of nitro benzene ring substituents is 1. The molecule has 0 aliphatic carbocycles. The van der Waals surface area contributed by atoms with Crippen LogP contribution >= 0.6 is 0 Å². The minimum atomic E-state index is -4.09. The highest BCUT2D eigenvalue weighted by atomic mass is 32.2. The predicted molar refractivity (Wildman–Crippen MR) is 95.9 cm³/mol. The molecule has 3 N–H and O–H groups in total. The number of anilines is 2. The van der Waals surface area contributed by atoms with E-state index in [1.807, 2.05) is 0 Å². The van der Waals surface area contributed by atoms with Crippen molar-refractivity contribution in [1.29, 1.82) is 0 Å². The molecule has 26 heavy (non-hydrogen) atoms. The lowest BCUT2D eigenvalue weighted by Gasteiger charge is -2.14. The number of non-ortho nitro benzene ring substituents is 1. The van der Waals surface area contributed by atoms with Crippen LogP contribution in [0.25, 0.3) is 0 Å². The van der Waals surface area contributed by atoms with Gasteiger partial charge >= 0.3 is 0 Å². The topological polar surface area (TPSA) is 139 Å². The summed E-state index contributed by atoms with van der Waals surface area (Å²) in [6, 6.07) is 9.10. The first-order valence-corrected chi connectivity index (χ1v) is 9.00. The van der Waals surface area contributed by atoms with E-state index in [9.17, 15) is 23.3 Å². The van der Waals surface area contributed by atoms with E-state index in [2.05, 4.69) is 10.0 Å². The highest BCUT2D eigenvalue weighted by Crippen LogP contribution is 2.29. The van der Waals surface area contributed by atoms with Gasteiger partial charge in [-0.25, -0.2) is 8.42 Å². The largest absolute Gasteiger partial charge is 0.395 e. The Balaban J connectivity index is 2.44. The van der Waals surface area contributed by atoms with E-state index in [0.717, 1.165) is 6.07 Å². The Morgan fingerprint density at radius 2 is 1.92 bits per heavy atom. The van der Waals surface area contributed by atoms with Crippen LogP contribution < -0.4 is 10.0 Å². The highest BCUT2D eigenvalue weighted by molar-refractivity contribution is 7.92. The third-order valence-corrected chi connectivity index (χ3v) is 4.80. The first kappa shape index (κ1) is 19.3. The molecule has 2 aromatic rings. The van der Waals surface area contributed by atoms with Crippen LogP contribution in [0.1, 0.15) is 17.3 Å². The highest BCUT2D eigenvalue weighted by Gasteiger charge is 2.19. The van der Waals surface area contributed by atoms with Gasteiger partial charge in [0.15, 0.2) is 5.78 Å². The summed E-state index contributed by atoms with van der Waals surface area (Å²) in [6.45, 7) is 1.24. The van der Waals surface area contributed by atoms with E-state index < -0.39 is 14.9 Å². The normalized spacial score (nSPS) is 11.0. The fourth-order valence-electron chi connectivity index (χ4n) is 2.16. The van der Waals surface area contributed by atoms with Crippen molar-refractivity contribution >= 4 is 32.9 Å². The number of benzene rings is 2. The molecule has 0 fully saturated rings. The lowest BCUT2D eigenvalue weighted by Crippen LogP contribution is -2.16. The van der Waals surface area contributed by atoms with Crippen LogP contribution in [0, 0.1) is 10.1 Å². The second-order valence-corrected chi connectivity index (χ2v) is 7.01. The molecule has 138 valence electrons. The molecular formula is C16H17N3O6S. The van der Waals surface area contributed by atoms with Crippen molar-refractivity contribution < 1.29 is 23.2 Å². The van der Waals surface area contributed by atoms with Gasteiger partial charge in [0.1, 0.15) is 0 Å². The summed E-state index contributed by atoms with van der Waals surface area (Å²) in [5.41, 5.74) is 0.164. The second kappa shape index (κ2) is 7.93. The van der Waals surface area contributed by atoms with Gasteiger partial charge in [-0.1, -0.05) is 12.1 Å². The van der Waals surface area contributed by atoms with Gasteiger partial charge in [-0.05, 0) is 25.1 Å². The molecule has 0 unspecified atom stereocenters. The van der Waals surface area contributed by atoms with Crippen molar-refractivity contribution in [3.63, 3.8) is 0 Å². The van der Waals surface area contributed by atoms with Crippen molar-refractivity contribution in [3.8, 4) is 0 Å². The zero-order valence-electron chi connectivity index (χ0n) is 13.8. The number of rotatable bonds is 8. The first-order valence-electron chi connectivity index (χ1n) is 7.51. The summed E-state index contributed by atoms with van der Waals surface area (Å²) in [7, 11) is -4.09. The molecule has 0 aliphatic rings. The molecule has 0 atom stereocenters. The van der Waals surface area contributed by atoms with Crippen LogP contribution in [0.4, 0.5) is 17.1 Å². The zero-order chi connectivity index (χ0) is 19.3. The third kappa shape index (κ3) is 4.55. The van der Waals surface area contributed by atoms with Crippen molar-refractivity contribution in [2.45, 2.75) is 11.8 Å². The van der Waals surface area contributed by atoms with Crippen molar-refractivity contribution in [1.82, 2.24) is 0 Å². The van der Waals surface area contributed by atoms with Crippen LogP contribution in [0.15, 0.2) is 47.4 Å². The van der Waals surface area contributed by atoms with Crippen LogP contribution in [0.3, 0.4) is 0 Å². The number of hydrogen-bond donors (Lipinski definition) is 3. The number of hydrogen-bond acceptors (Lipinski definition) is 7. The van der Waals surface area contributed by atoms with Crippen molar-refractivity contribution in [2.75, 3.05) is 23.2 Å². The Morgan fingerprint density at radius 3 is 2.54 bits per heavy atom. The zero-order valence-corrected chi connectivity index (χ0v) is 14.6. The maximum Gasteiger partial charge on any atom is 0.271 e. The van der Waals surface area contributed by atoms with Crippen LogP contribution in [0.2, 0.25) is 0 Å². The minimum Gasteiger partial charge on any atom is -0.395 e. The van der Waals surface area contributed by atoms with Gasteiger partial charge in [0.25, 0.3) is 15.7 Å². The number of aliphatic hydroxyl groups is 1. The monoisotopic (exact) mass is 379 g/mol. The standard InChI is InChI=1S/C16H17N3O6S/c1-11(21)12-3-2-4-14(9-12)26(24,25)18-16-10-13(19(22)23)5-6-15(16)17-7-8-20/h2-6,9-10,17-18,20H,7-8H2,1H3. The molecule has 0 aromatic heterocycles. The Kier molecular flexibility index (Phi) is 5.90. The van der Waals surface area contributed by atoms with E-state index in [1.165, 1.54) is 43.3 Å². The maximum absolute atomic E-state index is 12.6. The van der Waals surface area contributed by atoms with E-state index in [-0.39, 0.29) is 46.5 Å². The summed E-state index contributed by atoms with van der Waals surface area (Å²) in [4.78, 5) is 21.6. The third-order valence-electron chi connectivity index (χ3n) is 3.44. The molecule has 0 aliphatic heterocycles. The van der Waals surface area contributed by atoms with Gasteiger partial charge in [-0.3, -0.25) is 19.6 Å². The quantitative estimate of drug-likeness (QED) is 0.362. The fourth-order valence-corrected chi connectivity index (χ4v) is 3.28. The molecule has 0 amide bonds. The molecule has 10 heteroatoms. The predicted octanol–water partition coefficient (Wildman–Crippen LogP) is 2.00. The molecule has 2 rings (SSSR count). The number of carbonyl (C=O) groups is 1. The number of Topliss-reactive ketones (excluding diaryl/α,β-unsaturated/α-hetero) is 1. The van der Waals surface area contributed by atoms with Gasteiger partial charge in [0.05, 0.1) is 27.8 Å². The Bertz CT molecular complexity index is 943. The lowest BCUT2D eigenvalue weighted by molar-refractivity contribution is -0.384. The van der Waals surface area contributed by atoms with Gasteiger partial charge in [0.2, 0.25) is 0 Å². The number of nitro groups is 1. The summed E-state index contributed by atoms with van der Waals surface area (Å²) >= 11 is 0. The van der Waals surface area contributed by atoms with Crippen molar-refractivity contribution in [3.05, 3.63) is 58.1 Å². The molecule has 9 nitrogen and oxygen atoms in total. The van der Waals surface area contributed by atoms with E-state index >= 15 is 0 Å². The molecule has 0 spiro atoms. The fraction of sp³-hybridized carbons (Fsp3) is 0.188. The lowest BCUT2D eigenvalue weighted by atomic mass is 10.2. The molecular weight excluding hydrogens is 362 g/mol. The number of carbonyl (C=O) groups excluding carboxylic acids is 1. The molecule has 2 aromatic carbocycles. The second-order valence-electron chi connectivity index (χ2n) is 5.33. The minimum absolute atomic E-state index is 0.0409. The summed E-state index contributed by atoms with van der Waals surface area (Å²) in [5.74, 6) is -0.289. The maximum atomic E-state index is 12.6. The van der Waals surface area contributed by atoms with E-state index in [4.69, 9.17) is 5.11 Å². The van der Waals surface area contributed by atoms with Gasteiger partial charge < -0.3 is 10.4 Å². The van der Waals surface area contributed by atoms with E-state index in [1.54, 1.807) is 0 Å². The molecule has 0 saturated heterocycles. The molecule has 0 saturated carbocycles. The molecule has 0 heterocycles. The number of aliphatic hydroxyl groups excluding tert-OH is 1.